The Labute approximate surface area is 233 Å². The van der Waals surface area contributed by atoms with Gasteiger partial charge in [0.15, 0.2) is 0 Å². The predicted octanol–water partition coefficient (Wildman–Crippen LogP) is 4.16. The summed E-state index contributed by atoms with van der Waals surface area (Å²) < 4.78 is 4.58. The van der Waals surface area contributed by atoms with Crippen LogP contribution in [0.3, 0.4) is 0 Å². The lowest BCUT2D eigenvalue weighted by Gasteiger charge is -2.38. The molecule has 0 radical (unpaired) electrons. The SMILES string of the molecule is COc1ccc(NC(=O)C2N(CCCCCCO)C(=O)[C@@H]3[C@@H](C(=O)Nc4ccccc4)[C@H]4CC(C)C23S4)cc1. The third-order valence-corrected chi connectivity index (χ3v) is 10.6. The summed E-state index contributed by atoms with van der Waals surface area (Å²) in [6, 6.07) is 15.8. The van der Waals surface area contributed by atoms with Gasteiger partial charge in [0.05, 0.1) is 23.7 Å². The van der Waals surface area contributed by atoms with Gasteiger partial charge in [-0.3, -0.25) is 14.4 Å². The van der Waals surface area contributed by atoms with Crippen LogP contribution in [0.15, 0.2) is 54.6 Å². The maximum atomic E-state index is 14.2. The van der Waals surface area contributed by atoms with Crippen LogP contribution < -0.4 is 15.4 Å². The van der Waals surface area contributed by atoms with E-state index in [2.05, 4.69) is 17.6 Å². The minimum atomic E-state index is -0.672. The van der Waals surface area contributed by atoms with Crippen molar-refractivity contribution in [2.45, 2.75) is 55.1 Å². The summed E-state index contributed by atoms with van der Waals surface area (Å²) in [7, 11) is 1.59. The summed E-state index contributed by atoms with van der Waals surface area (Å²) in [5.74, 6) is -0.702. The lowest BCUT2D eigenvalue weighted by molar-refractivity contribution is -0.138. The number of hydrogen-bond donors (Lipinski definition) is 3. The molecule has 3 heterocycles. The second-order valence-electron chi connectivity index (χ2n) is 10.8. The minimum absolute atomic E-state index is 0.0133. The van der Waals surface area contributed by atoms with E-state index in [1.54, 1.807) is 48.0 Å². The number of para-hydroxylation sites is 1. The van der Waals surface area contributed by atoms with Crippen molar-refractivity contribution in [3.63, 3.8) is 0 Å². The number of likely N-dealkylation sites (tertiary alicyclic amines) is 1. The van der Waals surface area contributed by atoms with Gasteiger partial charge in [0, 0.05) is 29.8 Å². The summed E-state index contributed by atoms with van der Waals surface area (Å²) in [4.78, 5) is 43.5. The number of nitrogens with one attached hydrogen (secondary N) is 2. The van der Waals surface area contributed by atoms with E-state index >= 15 is 0 Å². The summed E-state index contributed by atoms with van der Waals surface area (Å²) in [5, 5.41) is 15.2. The van der Waals surface area contributed by atoms with Gasteiger partial charge in [-0.25, -0.2) is 0 Å². The third kappa shape index (κ3) is 5.02. The van der Waals surface area contributed by atoms with Crippen LogP contribution in [0.2, 0.25) is 0 Å². The van der Waals surface area contributed by atoms with E-state index in [-0.39, 0.29) is 35.5 Å². The first kappa shape index (κ1) is 27.5. The first-order valence-electron chi connectivity index (χ1n) is 13.8. The van der Waals surface area contributed by atoms with Crippen LogP contribution in [-0.4, -0.2) is 64.0 Å². The Balaban J connectivity index is 1.44. The number of aliphatic hydroxyl groups excluding tert-OH is 1. The number of carbonyl (C=O) groups is 3. The number of thioether (sulfide) groups is 1. The van der Waals surface area contributed by atoms with Crippen molar-refractivity contribution in [3.05, 3.63) is 54.6 Å². The number of carbonyl (C=O) groups excluding carboxylic acids is 3. The molecule has 3 unspecified atom stereocenters. The van der Waals surface area contributed by atoms with Crippen LogP contribution in [0.5, 0.6) is 5.75 Å². The normalized spacial score (nSPS) is 28.8. The highest BCUT2D eigenvalue weighted by Gasteiger charge is 2.75. The van der Waals surface area contributed by atoms with Gasteiger partial charge in [0.2, 0.25) is 17.7 Å². The van der Waals surface area contributed by atoms with Crippen molar-refractivity contribution in [2.24, 2.45) is 17.8 Å². The van der Waals surface area contributed by atoms with E-state index in [1.165, 1.54) is 0 Å². The number of aliphatic hydroxyl groups is 1. The van der Waals surface area contributed by atoms with Crippen LogP contribution >= 0.6 is 11.8 Å². The molecule has 8 nitrogen and oxygen atoms in total. The Kier molecular flexibility index (Phi) is 8.19. The molecule has 3 aliphatic rings. The van der Waals surface area contributed by atoms with Crippen molar-refractivity contribution < 1.29 is 24.2 Å². The maximum absolute atomic E-state index is 14.2. The highest BCUT2D eigenvalue weighted by molar-refractivity contribution is 8.02. The molecule has 6 atom stereocenters. The van der Waals surface area contributed by atoms with E-state index in [9.17, 15) is 14.4 Å². The molecule has 9 heteroatoms. The molecule has 39 heavy (non-hydrogen) atoms. The molecule has 3 N–H and O–H groups in total. The minimum Gasteiger partial charge on any atom is -0.497 e. The average molecular weight is 552 g/mol. The largest absolute Gasteiger partial charge is 0.497 e. The van der Waals surface area contributed by atoms with Gasteiger partial charge in [0.25, 0.3) is 0 Å². The fourth-order valence-electron chi connectivity index (χ4n) is 6.74. The molecule has 3 fully saturated rings. The van der Waals surface area contributed by atoms with E-state index in [0.717, 1.165) is 32.1 Å². The van der Waals surface area contributed by atoms with Crippen molar-refractivity contribution in [1.82, 2.24) is 4.90 Å². The molecule has 2 aromatic rings. The van der Waals surface area contributed by atoms with Gasteiger partial charge in [-0.15, -0.1) is 11.8 Å². The average Bonchev–Trinajstić information content (AvgIpc) is 3.53. The number of unbranched alkanes of at least 4 members (excludes halogenated alkanes) is 3. The number of methoxy groups -OCH3 is 1. The molecule has 3 amide bonds. The summed E-state index contributed by atoms with van der Waals surface area (Å²) >= 11 is 1.68. The Morgan fingerprint density at radius 2 is 1.67 bits per heavy atom. The van der Waals surface area contributed by atoms with Gasteiger partial charge in [-0.05, 0) is 61.6 Å². The molecule has 2 bridgehead atoms. The number of amides is 3. The quantitative estimate of drug-likeness (QED) is 0.362. The van der Waals surface area contributed by atoms with Gasteiger partial charge in [-0.1, -0.05) is 38.0 Å². The number of fused-ring (bicyclic) bond motifs is 1. The van der Waals surface area contributed by atoms with E-state index in [4.69, 9.17) is 9.84 Å². The van der Waals surface area contributed by atoms with Crippen molar-refractivity contribution in [2.75, 3.05) is 30.9 Å². The lowest BCUT2D eigenvalue weighted by atomic mass is 9.66. The standard InChI is InChI=1S/C30H37N3O5S/c1-19-18-23-24(27(35)31-20-10-6-5-7-11-20)25-29(37)33(16-8-3-4-9-17-34)26(30(19,25)39-23)28(36)32-21-12-14-22(38-2)15-13-21/h5-7,10-15,19,23-26,34H,3-4,8-9,16-18H2,1-2H3,(H,31,35)(H,32,36)/t19?,23-,24+,25+,26?,30?/m1/s1. The molecule has 208 valence electrons. The molecule has 2 aromatic carbocycles. The number of ether oxygens (including phenoxy) is 1. The van der Waals surface area contributed by atoms with Crippen LogP contribution in [-0.2, 0) is 14.4 Å². The van der Waals surface area contributed by atoms with Crippen LogP contribution in [0, 0.1) is 17.8 Å². The fourth-order valence-corrected chi connectivity index (χ4v) is 9.16. The van der Waals surface area contributed by atoms with Crippen LogP contribution in [0.1, 0.15) is 39.0 Å². The van der Waals surface area contributed by atoms with Crippen LogP contribution in [0.4, 0.5) is 11.4 Å². The Morgan fingerprint density at radius 1 is 1.00 bits per heavy atom. The van der Waals surface area contributed by atoms with Gasteiger partial charge < -0.3 is 25.4 Å². The van der Waals surface area contributed by atoms with Gasteiger partial charge >= 0.3 is 0 Å². The molecule has 0 saturated carbocycles. The zero-order valence-corrected chi connectivity index (χ0v) is 23.3. The number of nitrogens with zero attached hydrogens (tertiary/aromatic N) is 1. The predicted molar refractivity (Wildman–Crippen MR) is 153 cm³/mol. The zero-order valence-electron chi connectivity index (χ0n) is 22.5. The first-order chi connectivity index (χ1) is 18.9. The first-order valence-corrected chi connectivity index (χ1v) is 14.7. The molecule has 3 aliphatic heterocycles. The third-order valence-electron chi connectivity index (χ3n) is 8.50. The van der Waals surface area contributed by atoms with Crippen molar-refractivity contribution in [3.8, 4) is 5.75 Å². The number of rotatable bonds is 11. The second kappa shape index (κ2) is 11.6. The van der Waals surface area contributed by atoms with E-state index in [1.807, 2.05) is 30.3 Å². The number of hydrogen-bond acceptors (Lipinski definition) is 6. The molecule has 3 saturated heterocycles. The second-order valence-corrected chi connectivity index (χ2v) is 12.3. The fraction of sp³-hybridized carbons (Fsp3) is 0.500. The highest BCUT2D eigenvalue weighted by Crippen LogP contribution is 2.68. The smallest absolute Gasteiger partial charge is 0.248 e. The number of anilines is 2. The maximum Gasteiger partial charge on any atom is 0.248 e. The Morgan fingerprint density at radius 3 is 2.36 bits per heavy atom. The molecule has 5 rings (SSSR count). The molecular formula is C30H37N3O5S. The summed E-state index contributed by atoms with van der Waals surface area (Å²) in [6.07, 6.45) is 3.98. The van der Waals surface area contributed by atoms with Gasteiger partial charge in [-0.2, -0.15) is 0 Å². The topological polar surface area (TPSA) is 108 Å². The Hall–Kier alpha value is -3.04. The molecule has 0 aromatic heterocycles. The molecule has 1 spiro atoms. The summed E-state index contributed by atoms with van der Waals surface area (Å²) in [5.41, 5.74) is 1.34. The van der Waals surface area contributed by atoms with Crippen molar-refractivity contribution >= 4 is 40.9 Å². The highest BCUT2D eigenvalue weighted by atomic mass is 32.2. The van der Waals surface area contributed by atoms with E-state index in [0.29, 0.717) is 23.7 Å². The molecule has 0 aliphatic carbocycles. The van der Waals surface area contributed by atoms with Gasteiger partial charge in [0.1, 0.15) is 11.8 Å². The monoisotopic (exact) mass is 551 g/mol. The summed E-state index contributed by atoms with van der Waals surface area (Å²) in [6.45, 7) is 2.72. The molecular weight excluding hydrogens is 514 g/mol. The van der Waals surface area contributed by atoms with Crippen LogP contribution in [0.25, 0.3) is 0 Å². The Bertz CT molecular complexity index is 1190. The van der Waals surface area contributed by atoms with E-state index < -0.39 is 22.6 Å². The number of benzene rings is 2. The lowest BCUT2D eigenvalue weighted by Crippen LogP contribution is -2.54. The van der Waals surface area contributed by atoms with Crippen molar-refractivity contribution in [1.29, 1.82) is 0 Å². The zero-order chi connectivity index (χ0) is 27.6.